The average Bonchev–Trinajstić information content (AvgIpc) is 3.49. The first-order valence-electron chi connectivity index (χ1n) is 19.2. The predicted octanol–water partition coefficient (Wildman–Crippen LogP) is 2.08. The largest absolute Gasteiger partial charge is 0.493 e. The van der Waals surface area contributed by atoms with E-state index in [0.717, 1.165) is 44.4 Å². The summed E-state index contributed by atoms with van der Waals surface area (Å²) in [5, 5.41) is 5.54. The van der Waals surface area contributed by atoms with E-state index >= 15 is 0 Å². The van der Waals surface area contributed by atoms with Crippen molar-refractivity contribution < 1.29 is 38.2 Å². The third-order valence-electron chi connectivity index (χ3n) is 12.1. The van der Waals surface area contributed by atoms with Gasteiger partial charge in [-0.3, -0.25) is 24.2 Å². The van der Waals surface area contributed by atoms with Crippen LogP contribution in [-0.2, 0) is 35.8 Å². The Kier molecular flexibility index (Phi) is 11.8. The standard InChI is InChI=1S/C39H55N7O8/c1-22(47)18-32(49)44-23(2)29(48)20-25(8-7-15-42-37(40)41)36(50)43-21-26-9-5-6-16-46(26)38(51)53-31-13-11-27-28-19-24-10-12-30(52-4)34-33(24)39(27,35(31)54-34)14-17-45(28)3/h10,12-13,23,25-28,35H,5-9,11,14-21H2,1-4H3,(H,43,50)(H,44,49)(H4,40,41,42)/t23-,25+,26+,27?,28+,35+,39-/m0/s1. The average molecular weight is 750 g/mol. The van der Waals surface area contributed by atoms with Crippen molar-refractivity contribution in [1.29, 1.82) is 0 Å². The molecule has 1 aromatic rings. The molecule has 6 rings (SSSR count). The Morgan fingerprint density at radius 3 is 2.69 bits per heavy atom. The maximum Gasteiger partial charge on any atom is 0.415 e. The summed E-state index contributed by atoms with van der Waals surface area (Å²) in [5.41, 5.74) is 13.1. The van der Waals surface area contributed by atoms with Crippen molar-refractivity contribution in [2.24, 2.45) is 28.3 Å². The molecule has 2 saturated heterocycles. The first-order valence-corrected chi connectivity index (χ1v) is 19.2. The molecule has 2 aliphatic carbocycles. The topological polar surface area (TPSA) is 208 Å². The number of allylic oxidation sites excluding steroid dienone is 1. The van der Waals surface area contributed by atoms with Crippen LogP contribution >= 0.6 is 0 Å². The molecule has 1 spiro atoms. The van der Waals surface area contributed by atoms with E-state index in [1.165, 1.54) is 25.0 Å². The zero-order valence-electron chi connectivity index (χ0n) is 31.9. The van der Waals surface area contributed by atoms with Crippen molar-refractivity contribution >= 4 is 35.4 Å². The number of nitrogens with two attached hydrogens (primary N) is 2. The fourth-order valence-corrected chi connectivity index (χ4v) is 9.43. The molecule has 2 bridgehead atoms. The number of benzene rings is 1. The number of amides is 3. The van der Waals surface area contributed by atoms with Gasteiger partial charge in [0.05, 0.1) is 25.6 Å². The van der Waals surface area contributed by atoms with Crippen LogP contribution in [0.1, 0.15) is 82.8 Å². The lowest BCUT2D eigenvalue weighted by Crippen LogP contribution is -2.63. The molecule has 1 aromatic carbocycles. The quantitative estimate of drug-likeness (QED) is 0.0884. The Morgan fingerprint density at radius 2 is 1.94 bits per heavy atom. The Balaban J connectivity index is 1.13. The second-order valence-corrected chi connectivity index (χ2v) is 15.6. The summed E-state index contributed by atoms with van der Waals surface area (Å²) in [6.45, 7) is 4.70. The predicted molar refractivity (Wildman–Crippen MR) is 200 cm³/mol. The third-order valence-corrected chi connectivity index (χ3v) is 12.1. The van der Waals surface area contributed by atoms with E-state index in [0.29, 0.717) is 49.3 Å². The van der Waals surface area contributed by atoms with Gasteiger partial charge in [0, 0.05) is 49.0 Å². The van der Waals surface area contributed by atoms with Crippen LogP contribution in [0.5, 0.6) is 11.5 Å². The van der Waals surface area contributed by atoms with Crippen molar-refractivity contribution in [3.8, 4) is 11.5 Å². The van der Waals surface area contributed by atoms with Gasteiger partial charge in [-0.1, -0.05) is 6.07 Å². The number of guanidine groups is 1. The number of hydrogen-bond donors (Lipinski definition) is 4. The minimum atomic E-state index is -0.879. The highest BCUT2D eigenvalue weighted by Crippen LogP contribution is 2.63. The van der Waals surface area contributed by atoms with Crippen LogP contribution in [0.2, 0.25) is 0 Å². The van der Waals surface area contributed by atoms with Crippen molar-refractivity contribution in [3.63, 3.8) is 0 Å². The number of nitrogens with one attached hydrogen (secondary N) is 2. The zero-order chi connectivity index (χ0) is 38.7. The number of nitrogens with zero attached hydrogens (tertiary/aromatic N) is 3. The number of aliphatic imine (C=N–C) groups is 1. The number of carbonyl (C=O) groups is 5. The lowest BCUT2D eigenvalue weighted by atomic mass is 9.53. The molecule has 0 radical (unpaired) electrons. The second kappa shape index (κ2) is 16.4. The van der Waals surface area contributed by atoms with E-state index in [-0.39, 0.29) is 60.8 Å². The number of piperidine rings is 2. The Bertz CT molecular complexity index is 1710. The normalized spacial score (nSPS) is 26.2. The molecule has 1 unspecified atom stereocenters. The fourth-order valence-electron chi connectivity index (χ4n) is 9.43. The lowest BCUT2D eigenvalue weighted by molar-refractivity contribution is -0.132. The molecule has 5 aliphatic rings. The zero-order valence-corrected chi connectivity index (χ0v) is 31.9. The molecule has 0 saturated carbocycles. The number of ketones is 2. The summed E-state index contributed by atoms with van der Waals surface area (Å²) in [7, 11) is 3.84. The van der Waals surface area contributed by atoms with Crippen LogP contribution in [0.4, 0.5) is 4.79 Å². The smallest absolute Gasteiger partial charge is 0.415 e. The summed E-state index contributed by atoms with van der Waals surface area (Å²) in [6.07, 6.45) is 6.40. The summed E-state index contributed by atoms with van der Waals surface area (Å²) < 4.78 is 18.8. The van der Waals surface area contributed by atoms with Crippen molar-refractivity contribution in [1.82, 2.24) is 20.4 Å². The van der Waals surface area contributed by atoms with Gasteiger partial charge in [0.25, 0.3) is 0 Å². The third kappa shape index (κ3) is 7.78. The summed E-state index contributed by atoms with van der Waals surface area (Å²) >= 11 is 0. The van der Waals surface area contributed by atoms with Crippen LogP contribution < -0.4 is 31.6 Å². The minimum Gasteiger partial charge on any atom is -0.493 e. The lowest BCUT2D eigenvalue weighted by Gasteiger charge is -2.56. The molecule has 15 nitrogen and oxygen atoms in total. The van der Waals surface area contributed by atoms with Crippen molar-refractivity contribution in [3.05, 3.63) is 35.1 Å². The van der Waals surface area contributed by atoms with Gasteiger partial charge in [-0.25, -0.2) is 4.79 Å². The molecule has 6 N–H and O–H groups in total. The molecule has 3 aliphatic heterocycles. The van der Waals surface area contributed by atoms with E-state index in [4.69, 9.17) is 25.7 Å². The molecule has 7 atom stereocenters. The number of hydrogen-bond acceptors (Lipinski definition) is 10. The molecule has 294 valence electrons. The van der Waals surface area contributed by atoms with Crippen LogP contribution in [0.25, 0.3) is 0 Å². The van der Waals surface area contributed by atoms with Crippen LogP contribution in [-0.4, -0.2) is 110 Å². The van der Waals surface area contributed by atoms with Crippen LogP contribution in [0.15, 0.2) is 29.0 Å². The highest BCUT2D eigenvalue weighted by molar-refractivity contribution is 5.99. The number of ether oxygens (including phenoxy) is 3. The summed E-state index contributed by atoms with van der Waals surface area (Å²) in [6, 6.07) is 3.29. The van der Waals surface area contributed by atoms with Crippen molar-refractivity contribution in [2.45, 2.75) is 108 Å². The number of Topliss-reactive ketones (excluding diaryl/α,β-unsaturated/α-hetero) is 2. The number of carbonyl (C=O) groups excluding carboxylic acids is 5. The molecule has 15 heteroatoms. The van der Waals surface area contributed by atoms with E-state index in [2.05, 4.69) is 33.6 Å². The molecule has 2 fully saturated rings. The number of methoxy groups -OCH3 is 1. The van der Waals surface area contributed by atoms with Gasteiger partial charge in [0.2, 0.25) is 11.8 Å². The van der Waals surface area contributed by atoms with Crippen LogP contribution in [0.3, 0.4) is 0 Å². The maximum absolute atomic E-state index is 14.1. The SMILES string of the molecule is COc1ccc2c3c1O[C@@H]1C(OC(=O)N4CCCC[C@@H]4CNC(=O)[C@H](CCCN=C(N)N)CC(=O)[C@H](C)NC(=O)CC(C)=O)=CCC4[C@@H](C2)N(C)CC[C@@]341. The number of likely N-dealkylation sites (tertiary alicyclic amines) is 2. The minimum absolute atomic E-state index is 0.0654. The highest BCUT2D eigenvalue weighted by atomic mass is 16.6. The van der Waals surface area contributed by atoms with Crippen molar-refractivity contribution in [2.75, 3.05) is 40.3 Å². The molecular weight excluding hydrogens is 694 g/mol. The Morgan fingerprint density at radius 1 is 1.15 bits per heavy atom. The summed E-state index contributed by atoms with van der Waals surface area (Å²) in [5.74, 6) is -0.0329. The molecule has 54 heavy (non-hydrogen) atoms. The van der Waals surface area contributed by atoms with Crippen LogP contribution in [0, 0.1) is 11.8 Å². The highest BCUT2D eigenvalue weighted by Gasteiger charge is 2.65. The van der Waals surface area contributed by atoms with E-state index in [1.54, 1.807) is 12.0 Å². The van der Waals surface area contributed by atoms with Gasteiger partial charge in [-0.05, 0) is 102 Å². The molecular formula is C39H55N7O8. The molecule has 3 amide bonds. The second-order valence-electron chi connectivity index (χ2n) is 15.6. The fraction of sp³-hybridized carbons (Fsp3) is 0.641. The Labute approximate surface area is 316 Å². The maximum atomic E-state index is 14.1. The molecule has 3 heterocycles. The number of likely N-dealkylation sites (N-methyl/N-ethyl adjacent to an activating group) is 1. The van der Waals surface area contributed by atoms with E-state index in [1.807, 2.05) is 12.1 Å². The van der Waals surface area contributed by atoms with E-state index in [9.17, 15) is 24.0 Å². The monoisotopic (exact) mass is 749 g/mol. The Hall–Kier alpha value is -4.66. The van der Waals surface area contributed by atoms with Gasteiger partial charge >= 0.3 is 6.09 Å². The van der Waals surface area contributed by atoms with Gasteiger partial charge in [0.15, 0.2) is 29.3 Å². The first kappa shape index (κ1) is 39.0. The van der Waals surface area contributed by atoms with Gasteiger partial charge in [-0.15, -0.1) is 0 Å². The number of rotatable bonds is 15. The van der Waals surface area contributed by atoms with Gasteiger partial charge in [-0.2, -0.15) is 0 Å². The van der Waals surface area contributed by atoms with E-state index < -0.39 is 30.1 Å². The van der Waals surface area contributed by atoms with Gasteiger partial charge < -0.3 is 46.1 Å². The first-order chi connectivity index (χ1) is 25.8. The van der Waals surface area contributed by atoms with Gasteiger partial charge in [0.1, 0.15) is 11.5 Å². The summed E-state index contributed by atoms with van der Waals surface area (Å²) in [4.78, 5) is 72.4. The molecule has 0 aromatic heterocycles.